The largest absolute Gasteiger partial charge is 0.460 e. The Hall–Kier alpha value is -2.71. The fraction of sp³-hybridized carbons (Fsp3) is 0.450. The molecular weight excluding hydrogens is 364 g/mol. The number of ether oxygens (including phenoxy) is 3. The highest BCUT2D eigenvalue weighted by Gasteiger charge is 2.22. The van der Waals surface area contributed by atoms with Crippen molar-refractivity contribution in [3.05, 3.63) is 35.9 Å². The highest BCUT2D eigenvalue weighted by atomic mass is 16.6. The molecule has 8 nitrogen and oxygen atoms in total. The SMILES string of the molecule is CC(=O)Nc1ccc(/C=C/C(=O)OCCOCC(N)C(=O)OC(C)(C)C)cc1. The van der Waals surface area contributed by atoms with E-state index in [1.165, 1.54) is 13.0 Å². The maximum absolute atomic E-state index is 11.7. The summed E-state index contributed by atoms with van der Waals surface area (Å²) in [5.74, 6) is -1.22. The van der Waals surface area contributed by atoms with E-state index in [0.717, 1.165) is 5.56 Å². The van der Waals surface area contributed by atoms with Crippen LogP contribution in [0.25, 0.3) is 6.08 Å². The number of hydrogen-bond donors (Lipinski definition) is 2. The molecule has 1 aromatic carbocycles. The van der Waals surface area contributed by atoms with Crippen LogP contribution in [-0.2, 0) is 28.6 Å². The van der Waals surface area contributed by atoms with Gasteiger partial charge in [-0.15, -0.1) is 0 Å². The van der Waals surface area contributed by atoms with Crippen molar-refractivity contribution in [2.45, 2.75) is 39.3 Å². The lowest BCUT2D eigenvalue weighted by Gasteiger charge is -2.22. The van der Waals surface area contributed by atoms with E-state index in [4.69, 9.17) is 19.9 Å². The smallest absolute Gasteiger partial charge is 0.330 e. The van der Waals surface area contributed by atoms with Gasteiger partial charge in [0.2, 0.25) is 5.91 Å². The van der Waals surface area contributed by atoms with Crippen LogP contribution in [-0.4, -0.2) is 49.3 Å². The summed E-state index contributed by atoms with van der Waals surface area (Å²) >= 11 is 0. The molecule has 0 heterocycles. The summed E-state index contributed by atoms with van der Waals surface area (Å²) in [6.45, 7) is 6.81. The number of benzene rings is 1. The third-order valence-electron chi connectivity index (χ3n) is 3.12. The highest BCUT2D eigenvalue weighted by Crippen LogP contribution is 2.11. The summed E-state index contributed by atoms with van der Waals surface area (Å²) < 4.78 is 15.4. The summed E-state index contributed by atoms with van der Waals surface area (Å²) in [5, 5.41) is 2.66. The third kappa shape index (κ3) is 10.4. The van der Waals surface area contributed by atoms with E-state index in [0.29, 0.717) is 5.69 Å². The van der Waals surface area contributed by atoms with Crippen molar-refractivity contribution < 1.29 is 28.6 Å². The standard InChI is InChI=1S/C20H28N2O6/c1-14(23)22-16-8-5-15(6-9-16)7-10-18(24)27-12-11-26-13-17(21)19(25)28-20(2,3)4/h5-10,17H,11-13,21H2,1-4H3,(H,22,23)/b10-7+. The maximum Gasteiger partial charge on any atom is 0.330 e. The number of carbonyl (C=O) groups is 3. The number of hydrogen-bond acceptors (Lipinski definition) is 7. The van der Waals surface area contributed by atoms with Crippen LogP contribution < -0.4 is 11.1 Å². The van der Waals surface area contributed by atoms with E-state index in [9.17, 15) is 14.4 Å². The lowest BCUT2D eigenvalue weighted by molar-refractivity contribution is -0.158. The van der Waals surface area contributed by atoms with Gasteiger partial charge in [-0.25, -0.2) is 4.79 Å². The van der Waals surface area contributed by atoms with Crippen molar-refractivity contribution in [2.24, 2.45) is 5.73 Å². The highest BCUT2D eigenvalue weighted by molar-refractivity contribution is 5.89. The first-order chi connectivity index (χ1) is 13.1. The summed E-state index contributed by atoms with van der Waals surface area (Å²) in [6, 6.07) is 6.09. The number of rotatable bonds is 9. The molecule has 1 amide bonds. The van der Waals surface area contributed by atoms with Crippen molar-refractivity contribution >= 4 is 29.6 Å². The van der Waals surface area contributed by atoms with Gasteiger partial charge in [0, 0.05) is 18.7 Å². The minimum Gasteiger partial charge on any atom is -0.460 e. The molecule has 3 N–H and O–H groups in total. The molecule has 1 aromatic rings. The molecular formula is C20H28N2O6. The molecule has 0 aliphatic rings. The summed E-state index contributed by atoms with van der Waals surface area (Å²) in [6.07, 6.45) is 2.89. The van der Waals surface area contributed by atoms with E-state index >= 15 is 0 Å². The lowest BCUT2D eigenvalue weighted by atomic mass is 10.2. The second-order valence-corrected chi connectivity index (χ2v) is 7.02. The van der Waals surface area contributed by atoms with Gasteiger partial charge in [-0.2, -0.15) is 0 Å². The van der Waals surface area contributed by atoms with Crippen molar-refractivity contribution in [3.8, 4) is 0 Å². The lowest BCUT2D eigenvalue weighted by Crippen LogP contribution is -2.40. The molecule has 0 saturated heterocycles. The first kappa shape index (κ1) is 23.3. The molecule has 0 aliphatic carbocycles. The van der Waals surface area contributed by atoms with Gasteiger partial charge in [-0.1, -0.05) is 12.1 Å². The van der Waals surface area contributed by atoms with Crippen LogP contribution >= 0.6 is 0 Å². The van der Waals surface area contributed by atoms with Gasteiger partial charge in [0.05, 0.1) is 13.2 Å². The van der Waals surface area contributed by atoms with Crippen LogP contribution in [0.15, 0.2) is 30.3 Å². The van der Waals surface area contributed by atoms with Gasteiger partial charge in [0.1, 0.15) is 18.2 Å². The molecule has 154 valence electrons. The minimum absolute atomic E-state index is 0.0249. The molecule has 0 bridgehead atoms. The Bertz CT molecular complexity index is 692. The minimum atomic E-state index is -0.893. The normalized spacial score (nSPS) is 12.5. The first-order valence-corrected chi connectivity index (χ1v) is 8.85. The number of esters is 2. The Morgan fingerprint density at radius 1 is 1.14 bits per heavy atom. The van der Waals surface area contributed by atoms with Gasteiger partial charge >= 0.3 is 11.9 Å². The molecule has 1 rings (SSSR count). The topological polar surface area (TPSA) is 117 Å². The molecule has 1 unspecified atom stereocenters. The molecule has 28 heavy (non-hydrogen) atoms. The maximum atomic E-state index is 11.7. The zero-order valence-corrected chi connectivity index (χ0v) is 16.7. The molecule has 0 aliphatic heterocycles. The number of carbonyl (C=O) groups excluding carboxylic acids is 3. The second-order valence-electron chi connectivity index (χ2n) is 7.02. The first-order valence-electron chi connectivity index (χ1n) is 8.85. The molecule has 0 fully saturated rings. The summed E-state index contributed by atoms with van der Waals surface area (Å²) in [7, 11) is 0. The number of nitrogens with one attached hydrogen (secondary N) is 1. The van der Waals surface area contributed by atoms with Crippen LogP contribution in [0.4, 0.5) is 5.69 Å². The van der Waals surface area contributed by atoms with Crippen molar-refractivity contribution in [1.82, 2.24) is 0 Å². The Morgan fingerprint density at radius 2 is 1.79 bits per heavy atom. The quantitative estimate of drug-likeness (QED) is 0.374. The Labute approximate surface area is 165 Å². The van der Waals surface area contributed by atoms with Gasteiger partial charge in [-0.05, 0) is 44.5 Å². The molecule has 0 spiro atoms. The van der Waals surface area contributed by atoms with Crippen LogP contribution in [0.2, 0.25) is 0 Å². The molecule has 1 atom stereocenters. The molecule has 8 heteroatoms. The van der Waals surface area contributed by atoms with Crippen LogP contribution in [0.3, 0.4) is 0 Å². The van der Waals surface area contributed by atoms with E-state index in [1.807, 2.05) is 0 Å². The Kier molecular flexibility index (Phi) is 9.34. The monoisotopic (exact) mass is 392 g/mol. The van der Waals surface area contributed by atoms with E-state index in [1.54, 1.807) is 51.1 Å². The zero-order chi connectivity index (χ0) is 21.2. The third-order valence-corrected chi connectivity index (χ3v) is 3.12. The van der Waals surface area contributed by atoms with Gasteiger partial charge in [0.25, 0.3) is 0 Å². The van der Waals surface area contributed by atoms with Gasteiger partial charge in [0.15, 0.2) is 0 Å². The van der Waals surface area contributed by atoms with E-state index in [2.05, 4.69) is 5.32 Å². The van der Waals surface area contributed by atoms with Crippen molar-refractivity contribution in [1.29, 1.82) is 0 Å². The predicted molar refractivity (Wildman–Crippen MR) is 105 cm³/mol. The predicted octanol–water partition coefficient (Wildman–Crippen LogP) is 1.89. The average Bonchev–Trinajstić information content (AvgIpc) is 2.58. The number of amides is 1. The molecule has 0 saturated carbocycles. The number of nitrogens with two attached hydrogens (primary N) is 1. The summed E-state index contributed by atoms with van der Waals surface area (Å²) in [5.41, 5.74) is 6.52. The van der Waals surface area contributed by atoms with Crippen LogP contribution in [0.5, 0.6) is 0 Å². The van der Waals surface area contributed by atoms with Crippen molar-refractivity contribution in [2.75, 3.05) is 25.1 Å². The van der Waals surface area contributed by atoms with Crippen LogP contribution in [0.1, 0.15) is 33.3 Å². The fourth-order valence-corrected chi connectivity index (χ4v) is 1.95. The fourth-order valence-electron chi connectivity index (χ4n) is 1.95. The van der Waals surface area contributed by atoms with Gasteiger partial charge < -0.3 is 25.3 Å². The van der Waals surface area contributed by atoms with E-state index in [-0.39, 0.29) is 25.7 Å². The van der Waals surface area contributed by atoms with Crippen LogP contribution in [0, 0.1) is 0 Å². The Balaban J connectivity index is 2.25. The number of anilines is 1. The second kappa shape index (κ2) is 11.2. The summed E-state index contributed by atoms with van der Waals surface area (Å²) in [4.78, 5) is 34.3. The Morgan fingerprint density at radius 3 is 2.36 bits per heavy atom. The zero-order valence-electron chi connectivity index (χ0n) is 16.7. The molecule has 0 radical (unpaired) electrons. The average molecular weight is 392 g/mol. The van der Waals surface area contributed by atoms with Crippen molar-refractivity contribution in [3.63, 3.8) is 0 Å². The van der Waals surface area contributed by atoms with E-state index < -0.39 is 23.6 Å². The van der Waals surface area contributed by atoms with Gasteiger partial charge in [-0.3, -0.25) is 9.59 Å². The molecule has 0 aromatic heterocycles.